The molecule has 2 aliphatic rings. The molecule has 0 aromatic carbocycles. The summed E-state index contributed by atoms with van der Waals surface area (Å²) in [6.45, 7) is 9.36. The first kappa shape index (κ1) is 26.9. The lowest BCUT2D eigenvalue weighted by atomic mass is 9.82. The molecule has 4 atom stereocenters. The highest BCUT2D eigenvalue weighted by molar-refractivity contribution is 5.86. The topological polar surface area (TPSA) is 108 Å². The first-order valence-corrected chi connectivity index (χ1v) is 12.6. The van der Waals surface area contributed by atoms with Crippen LogP contribution >= 0.6 is 0 Å². The van der Waals surface area contributed by atoms with Gasteiger partial charge in [0.2, 0.25) is 5.91 Å². The third-order valence-corrected chi connectivity index (χ3v) is 6.43. The standard InChI is InChI=1S/C25H46N2O5/c1-16(2)13-21(28)22(29)19(14-17-9-7-6-8-10-17)26-23(30)20(15-18-11-12-18)27-24(31)32-25(3,4)5/h16-22,28-29H,6-15H2,1-5H3,(H,26,30)(H,27,31)/t19-,20+,21-,22+/m0/s1. The van der Waals surface area contributed by atoms with Crippen LogP contribution in [0.15, 0.2) is 0 Å². The molecule has 2 rings (SSSR count). The summed E-state index contributed by atoms with van der Waals surface area (Å²) in [7, 11) is 0. The SMILES string of the molecule is CC(C)C[C@H](O)[C@H](O)[C@H](CC1CCCCC1)NC(=O)[C@@H](CC1CC1)NC(=O)OC(C)(C)C. The second-order valence-electron chi connectivity index (χ2n) is 11.4. The molecule has 2 aliphatic carbocycles. The zero-order valence-electron chi connectivity index (χ0n) is 20.7. The lowest BCUT2D eigenvalue weighted by Crippen LogP contribution is -2.55. The molecule has 0 aromatic heterocycles. The maximum absolute atomic E-state index is 13.2. The molecule has 2 saturated carbocycles. The van der Waals surface area contributed by atoms with E-state index in [0.29, 0.717) is 31.1 Å². The van der Waals surface area contributed by atoms with E-state index in [4.69, 9.17) is 4.74 Å². The smallest absolute Gasteiger partial charge is 0.408 e. The predicted octanol–water partition coefficient (Wildman–Crippen LogP) is 3.90. The minimum Gasteiger partial charge on any atom is -0.444 e. The molecule has 4 N–H and O–H groups in total. The maximum atomic E-state index is 13.2. The number of hydrogen-bond acceptors (Lipinski definition) is 5. The molecule has 0 saturated heterocycles. The Kier molecular flexibility index (Phi) is 10.3. The van der Waals surface area contributed by atoms with Crippen LogP contribution in [0.25, 0.3) is 0 Å². The fourth-order valence-corrected chi connectivity index (χ4v) is 4.61. The van der Waals surface area contributed by atoms with E-state index in [2.05, 4.69) is 10.6 Å². The van der Waals surface area contributed by atoms with Gasteiger partial charge in [0.15, 0.2) is 0 Å². The average molecular weight is 455 g/mol. The molecule has 0 spiro atoms. The monoisotopic (exact) mass is 454 g/mol. The maximum Gasteiger partial charge on any atom is 0.408 e. The van der Waals surface area contributed by atoms with Gasteiger partial charge < -0.3 is 25.6 Å². The summed E-state index contributed by atoms with van der Waals surface area (Å²) in [5, 5.41) is 27.3. The van der Waals surface area contributed by atoms with E-state index in [1.807, 2.05) is 13.8 Å². The van der Waals surface area contributed by atoms with Gasteiger partial charge in [0, 0.05) is 0 Å². The van der Waals surface area contributed by atoms with Crippen LogP contribution < -0.4 is 10.6 Å². The van der Waals surface area contributed by atoms with Crippen molar-refractivity contribution < 1.29 is 24.5 Å². The summed E-state index contributed by atoms with van der Waals surface area (Å²) < 4.78 is 5.36. The number of carbonyl (C=O) groups is 2. The molecular weight excluding hydrogens is 408 g/mol. The normalized spacial score (nSPS) is 21.5. The number of ether oxygens (including phenoxy) is 1. The van der Waals surface area contributed by atoms with E-state index in [-0.39, 0.29) is 11.8 Å². The van der Waals surface area contributed by atoms with Gasteiger partial charge in [-0.15, -0.1) is 0 Å². The van der Waals surface area contributed by atoms with Gasteiger partial charge in [-0.25, -0.2) is 4.79 Å². The molecule has 0 radical (unpaired) electrons. The van der Waals surface area contributed by atoms with E-state index in [1.165, 1.54) is 19.3 Å². The number of aliphatic hydroxyl groups is 2. The Bertz CT molecular complexity index is 594. The van der Waals surface area contributed by atoms with Gasteiger partial charge >= 0.3 is 6.09 Å². The number of rotatable bonds is 11. The number of aliphatic hydroxyl groups excluding tert-OH is 2. The number of amides is 2. The van der Waals surface area contributed by atoms with Gasteiger partial charge in [-0.1, -0.05) is 58.8 Å². The fourth-order valence-electron chi connectivity index (χ4n) is 4.61. The van der Waals surface area contributed by atoms with Gasteiger partial charge in [-0.3, -0.25) is 4.79 Å². The van der Waals surface area contributed by atoms with Gasteiger partial charge in [0.05, 0.1) is 12.1 Å². The fraction of sp³-hybridized carbons (Fsp3) is 0.920. The van der Waals surface area contributed by atoms with E-state index >= 15 is 0 Å². The quantitative estimate of drug-likeness (QED) is 0.379. The lowest BCUT2D eigenvalue weighted by Gasteiger charge is -2.33. The zero-order valence-corrected chi connectivity index (χ0v) is 20.7. The first-order valence-electron chi connectivity index (χ1n) is 12.6. The molecule has 32 heavy (non-hydrogen) atoms. The van der Waals surface area contributed by atoms with Crippen molar-refractivity contribution in [2.24, 2.45) is 17.8 Å². The van der Waals surface area contributed by atoms with Crippen molar-refractivity contribution in [3.8, 4) is 0 Å². The van der Waals surface area contributed by atoms with Crippen molar-refractivity contribution in [1.82, 2.24) is 10.6 Å². The lowest BCUT2D eigenvalue weighted by molar-refractivity contribution is -0.126. The molecule has 2 fully saturated rings. The third kappa shape index (κ3) is 10.1. The second-order valence-corrected chi connectivity index (χ2v) is 11.4. The van der Waals surface area contributed by atoms with Crippen LogP contribution in [-0.2, 0) is 9.53 Å². The Morgan fingerprint density at radius 1 is 0.938 bits per heavy atom. The Labute approximate surface area is 194 Å². The molecule has 0 aromatic rings. The Morgan fingerprint density at radius 3 is 2.06 bits per heavy atom. The van der Waals surface area contributed by atoms with Crippen molar-refractivity contribution in [3.05, 3.63) is 0 Å². The van der Waals surface area contributed by atoms with Gasteiger partial charge in [0.25, 0.3) is 0 Å². The van der Waals surface area contributed by atoms with Crippen LogP contribution in [0.1, 0.15) is 98.8 Å². The molecule has 7 nitrogen and oxygen atoms in total. The number of nitrogens with one attached hydrogen (secondary N) is 2. The highest BCUT2D eigenvalue weighted by Gasteiger charge is 2.36. The van der Waals surface area contributed by atoms with Gasteiger partial charge in [0.1, 0.15) is 17.7 Å². The molecular formula is C25H46N2O5. The van der Waals surface area contributed by atoms with Crippen LogP contribution in [0.4, 0.5) is 4.79 Å². The summed E-state index contributed by atoms with van der Waals surface area (Å²) in [5.74, 6) is 0.783. The average Bonchev–Trinajstić information content (AvgIpc) is 3.49. The largest absolute Gasteiger partial charge is 0.444 e. The molecule has 0 heterocycles. The van der Waals surface area contributed by atoms with Crippen LogP contribution in [0, 0.1) is 17.8 Å². The summed E-state index contributed by atoms with van der Waals surface area (Å²) in [6.07, 6.45) is 6.98. The van der Waals surface area contributed by atoms with Gasteiger partial charge in [-0.2, -0.15) is 0 Å². The van der Waals surface area contributed by atoms with Crippen LogP contribution in [-0.4, -0.2) is 52.1 Å². The van der Waals surface area contributed by atoms with Crippen molar-refractivity contribution in [2.45, 2.75) is 129 Å². The highest BCUT2D eigenvalue weighted by Crippen LogP contribution is 2.34. The predicted molar refractivity (Wildman–Crippen MR) is 125 cm³/mol. The van der Waals surface area contributed by atoms with E-state index < -0.39 is 36.0 Å². The van der Waals surface area contributed by atoms with Crippen LogP contribution in [0.2, 0.25) is 0 Å². The van der Waals surface area contributed by atoms with E-state index in [1.54, 1.807) is 20.8 Å². The minimum absolute atomic E-state index is 0.238. The van der Waals surface area contributed by atoms with Crippen molar-refractivity contribution in [3.63, 3.8) is 0 Å². The first-order chi connectivity index (χ1) is 14.9. The Morgan fingerprint density at radius 2 is 1.53 bits per heavy atom. The Hall–Kier alpha value is -1.34. The van der Waals surface area contributed by atoms with Crippen molar-refractivity contribution >= 4 is 12.0 Å². The molecule has 2 amide bonds. The molecule has 186 valence electrons. The Balaban J connectivity index is 2.07. The minimum atomic E-state index is -1.04. The zero-order chi connectivity index (χ0) is 23.9. The van der Waals surface area contributed by atoms with Crippen LogP contribution in [0.3, 0.4) is 0 Å². The van der Waals surface area contributed by atoms with E-state index in [9.17, 15) is 19.8 Å². The van der Waals surface area contributed by atoms with E-state index in [0.717, 1.165) is 25.7 Å². The number of hydrogen-bond donors (Lipinski definition) is 4. The summed E-state index contributed by atoms with van der Waals surface area (Å²) in [6, 6.07) is -1.25. The molecule has 0 bridgehead atoms. The van der Waals surface area contributed by atoms with Gasteiger partial charge in [-0.05, 0) is 57.8 Å². The molecule has 7 heteroatoms. The third-order valence-electron chi connectivity index (χ3n) is 6.43. The molecule has 0 aliphatic heterocycles. The molecule has 0 unspecified atom stereocenters. The number of alkyl carbamates (subject to hydrolysis) is 1. The van der Waals surface area contributed by atoms with Crippen molar-refractivity contribution in [2.75, 3.05) is 0 Å². The second kappa shape index (κ2) is 12.2. The summed E-state index contributed by atoms with van der Waals surface area (Å²) in [4.78, 5) is 25.6. The summed E-state index contributed by atoms with van der Waals surface area (Å²) in [5.41, 5.74) is -0.647. The van der Waals surface area contributed by atoms with Crippen molar-refractivity contribution in [1.29, 1.82) is 0 Å². The van der Waals surface area contributed by atoms with Crippen LogP contribution in [0.5, 0.6) is 0 Å². The summed E-state index contributed by atoms with van der Waals surface area (Å²) >= 11 is 0. The highest BCUT2D eigenvalue weighted by atomic mass is 16.6. The number of carbonyl (C=O) groups excluding carboxylic acids is 2.